The van der Waals surface area contributed by atoms with Gasteiger partial charge in [-0.2, -0.15) is 0 Å². The first-order valence-electron chi connectivity index (χ1n) is 7.73. The molecule has 1 aromatic heterocycles. The van der Waals surface area contributed by atoms with E-state index in [0.29, 0.717) is 11.5 Å². The first-order chi connectivity index (χ1) is 11.1. The molecule has 0 fully saturated rings. The molecular weight excluding hydrogens is 290 g/mol. The normalized spacial score (nSPS) is 10.9. The molecule has 3 aromatic rings. The zero-order chi connectivity index (χ0) is 16.4. The third-order valence-corrected chi connectivity index (χ3v) is 3.97. The molecular formula is C18H19N3O2. The summed E-state index contributed by atoms with van der Waals surface area (Å²) < 4.78 is 0. The predicted octanol–water partition coefficient (Wildman–Crippen LogP) is 4.13. The number of aryl methyl sites for hydroxylation is 2. The zero-order valence-electron chi connectivity index (χ0n) is 13.2. The van der Waals surface area contributed by atoms with Crippen molar-refractivity contribution in [2.24, 2.45) is 0 Å². The van der Waals surface area contributed by atoms with Crippen molar-refractivity contribution < 1.29 is 9.90 Å². The van der Waals surface area contributed by atoms with Crippen LogP contribution in [0, 0.1) is 0 Å². The minimum absolute atomic E-state index is 0.246. The Kier molecular flexibility index (Phi) is 4.02. The lowest BCUT2D eigenvalue weighted by Crippen LogP contribution is -2.01. The van der Waals surface area contributed by atoms with E-state index in [1.807, 2.05) is 0 Å². The number of carboxylic acid groups (broad SMARTS) is 1. The Morgan fingerprint density at radius 1 is 1.17 bits per heavy atom. The van der Waals surface area contributed by atoms with Crippen LogP contribution in [0.4, 0.5) is 11.6 Å². The number of hydrogen-bond donors (Lipinski definition) is 3. The van der Waals surface area contributed by atoms with Gasteiger partial charge in [0.25, 0.3) is 0 Å². The van der Waals surface area contributed by atoms with E-state index in [1.165, 1.54) is 11.1 Å². The Hall–Kier alpha value is -2.82. The SMILES string of the molecule is CCc1cccc(CC)c1Nc1nc2ccc(C(=O)O)cc2[nH]1. The van der Waals surface area contributed by atoms with Gasteiger partial charge in [-0.05, 0) is 42.2 Å². The van der Waals surface area contributed by atoms with Gasteiger partial charge in [0.2, 0.25) is 5.95 Å². The van der Waals surface area contributed by atoms with E-state index in [-0.39, 0.29) is 5.56 Å². The molecule has 0 aliphatic heterocycles. The van der Waals surface area contributed by atoms with Crippen LogP contribution >= 0.6 is 0 Å². The number of para-hydroxylation sites is 1. The first kappa shape index (κ1) is 15.1. The molecule has 0 aliphatic carbocycles. The molecule has 0 saturated carbocycles. The lowest BCUT2D eigenvalue weighted by Gasteiger charge is -2.13. The summed E-state index contributed by atoms with van der Waals surface area (Å²) in [5.41, 5.74) is 5.24. The molecule has 23 heavy (non-hydrogen) atoms. The van der Waals surface area contributed by atoms with Crippen LogP contribution in [0.1, 0.15) is 35.3 Å². The molecule has 0 amide bonds. The lowest BCUT2D eigenvalue weighted by atomic mass is 10.0. The predicted molar refractivity (Wildman–Crippen MR) is 91.5 cm³/mol. The Balaban J connectivity index is 2.00. The van der Waals surface area contributed by atoms with E-state index in [1.54, 1.807) is 18.2 Å². The molecule has 3 N–H and O–H groups in total. The topological polar surface area (TPSA) is 78.0 Å². The number of anilines is 2. The summed E-state index contributed by atoms with van der Waals surface area (Å²) in [6.07, 6.45) is 1.86. The molecule has 1 heterocycles. The van der Waals surface area contributed by atoms with Crippen molar-refractivity contribution in [1.29, 1.82) is 0 Å². The number of rotatable bonds is 5. The van der Waals surface area contributed by atoms with Gasteiger partial charge >= 0.3 is 5.97 Å². The van der Waals surface area contributed by atoms with E-state index in [9.17, 15) is 4.79 Å². The molecule has 118 valence electrons. The van der Waals surface area contributed by atoms with Crippen molar-refractivity contribution >= 4 is 28.6 Å². The van der Waals surface area contributed by atoms with Crippen LogP contribution < -0.4 is 5.32 Å². The summed E-state index contributed by atoms with van der Waals surface area (Å²) >= 11 is 0. The summed E-state index contributed by atoms with van der Waals surface area (Å²) in [5, 5.41) is 12.4. The van der Waals surface area contributed by atoms with Crippen molar-refractivity contribution in [3.05, 3.63) is 53.1 Å². The first-order valence-corrected chi connectivity index (χ1v) is 7.73. The van der Waals surface area contributed by atoms with Crippen LogP contribution in [0.15, 0.2) is 36.4 Å². The Bertz CT molecular complexity index is 846. The average molecular weight is 309 g/mol. The monoisotopic (exact) mass is 309 g/mol. The fraction of sp³-hybridized carbons (Fsp3) is 0.222. The van der Waals surface area contributed by atoms with Gasteiger partial charge in [0.15, 0.2) is 0 Å². The number of benzene rings is 2. The van der Waals surface area contributed by atoms with Gasteiger partial charge in [0.05, 0.1) is 16.6 Å². The Labute approximate surface area is 134 Å². The number of aromatic carboxylic acids is 1. The van der Waals surface area contributed by atoms with Gasteiger partial charge in [0.1, 0.15) is 0 Å². The van der Waals surface area contributed by atoms with Crippen LogP contribution in [0.3, 0.4) is 0 Å². The fourth-order valence-electron chi connectivity index (χ4n) is 2.72. The van der Waals surface area contributed by atoms with E-state index in [4.69, 9.17) is 5.11 Å². The van der Waals surface area contributed by atoms with Gasteiger partial charge < -0.3 is 15.4 Å². The van der Waals surface area contributed by atoms with Crippen LogP contribution in [0.2, 0.25) is 0 Å². The number of carbonyl (C=O) groups is 1. The molecule has 0 radical (unpaired) electrons. The minimum Gasteiger partial charge on any atom is -0.478 e. The highest BCUT2D eigenvalue weighted by Gasteiger charge is 2.11. The number of imidazole rings is 1. The molecule has 5 nitrogen and oxygen atoms in total. The van der Waals surface area contributed by atoms with Gasteiger partial charge in [-0.25, -0.2) is 9.78 Å². The van der Waals surface area contributed by atoms with E-state index < -0.39 is 5.97 Å². The average Bonchev–Trinajstić information content (AvgIpc) is 2.96. The second-order valence-electron chi connectivity index (χ2n) is 5.41. The zero-order valence-corrected chi connectivity index (χ0v) is 13.2. The number of fused-ring (bicyclic) bond motifs is 1. The van der Waals surface area contributed by atoms with Crippen molar-refractivity contribution in [1.82, 2.24) is 9.97 Å². The Morgan fingerprint density at radius 2 is 1.87 bits per heavy atom. The van der Waals surface area contributed by atoms with E-state index >= 15 is 0 Å². The number of H-pyrrole nitrogens is 1. The van der Waals surface area contributed by atoms with Crippen molar-refractivity contribution in [2.75, 3.05) is 5.32 Å². The molecule has 5 heteroatoms. The number of nitrogens with zero attached hydrogens (tertiary/aromatic N) is 1. The molecule has 2 aromatic carbocycles. The molecule has 0 bridgehead atoms. The minimum atomic E-state index is -0.944. The smallest absolute Gasteiger partial charge is 0.335 e. The largest absolute Gasteiger partial charge is 0.478 e. The van der Waals surface area contributed by atoms with Gasteiger partial charge in [-0.3, -0.25) is 0 Å². The highest BCUT2D eigenvalue weighted by atomic mass is 16.4. The van der Waals surface area contributed by atoms with Crippen LogP contribution in [-0.4, -0.2) is 21.0 Å². The van der Waals surface area contributed by atoms with Crippen molar-refractivity contribution in [3.8, 4) is 0 Å². The highest BCUT2D eigenvalue weighted by Crippen LogP contribution is 2.26. The molecule has 0 aliphatic rings. The summed E-state index contributed by atoms with van der Waals surface area (Å²) in [4.78, 5) is 18.7. The summed E-state index contributed by atoms with van der Waals surface area (Å²) in [7, 11) is 0. The quantitative estimate of drug-likeness (QED) is 0.662. The van der Waals surface area contributed by atoms with Gasteiger partial charge in [0, 0.05) is 5.69 Å². The van der Waals surface area contributed by atoms with Crippen LogP contribution in [0.25, 0.3) is 11.0 Å². The molecule has 0 saturated heterocycles. The van der Waals surface area contributed by atoms with E-state index in [2.05, 4.69) is 47.3 Å². The number of aromatic nitrogens is 2. The Morgan fingerprint density at radius 3 is 2.48 bits per heavy atom. The highest BCUT2D eigenvalue weighted by molar-refractivity contribution is 5.92. The number of hydrogen-bond acceptors (Lipinski definition) is 3. The molecule has 0 atom stereocenters. The maximum Gasteiger partial charge on any atom is 0.335 e. The number of nitrogens with one attached hydrogen (secondary N) is 2. The van der Waals surface area contributed by atoms with Crippen LogP contribution in [-0.2, 0) is 12.8 Å². The third kappa shape index (κ3) is 2.90. The van der Waals surface area contributed by atoms with Crippen molar-refractivity contribution in [3.63, 3.8) is 0 Å². The number of carboxylic acids is 1. The lowest BCUT2D eigenvalue weighted by molar-refractivity contribution is 0.0697. The molecule has 3 rings (SSSR count). The standard InChI is InChI=1S/C18H19N3O2/c1-3-11-6-5-7-12(4-2)16(11)21-18-19-14-9-8-13(17(22)23)10-15(14)20-18/h5-10H,3-4H2,1-2H3,(H,22,23)(H2,19,20,21). The maximum atomic E-state index is 11.1. The summed E-state index contributed by atoms with van der Waals surface area (Å²) in [6.45, 7) is 4.25. The van der Waals surface area contributed by atoms with Crippen molar-refractivity contribution in [2.45, 2.75) is 26.7 Å². The molecule has 0 spiro atoms. The van der Waals surface area contributed by atoms with Gasteiger partial charge in [-0.1, -0.05) is 32.0 Å². The third-order valence-electron chi connectivity index (χ3n) is 3.97. The number of aromatic amines is 1. The van der Waals surface area contributed by atoms with Crippen LogP contribution in [0.5, 0.6) is 0 Å². The second-order valence-corrected chi connectivity index (χ2v) is 5.41. The second kappa shape index (κ2) is 6.12. The summed E-state index contributed by atoms with van der Waals surface area (Å²) in [6, 6.07) is 11.2. The fourth-order valence-corrected chi connectivity index (χ4v) is 2.72. The molecule has 0 unspecified atom stereocenters. The summed E-state index contributed by atoms with van der Waals surface area (Å²) in [5.74, 6) is -0.321. The maximum absolute atomic E-state index is 11.1. The van der Waals surface area contributed by atoms with E-state index in [0.717, 1.165) is 24.0 Å². The van der Waals surface area contributed by atoms with Gasteiger partial charge in [-0.15, -0.1) is 0 Å².